The summed E-state index contributed by atoms with van der Waals surface area (Å²) in [7, 11) is 0. The number of halogens is 2. The lowest BCUT2D eigenvalue weighted by atomic mass is 10.1. The second kappa shape index (κ2) is 3.65. The smallest absolute Gasteiger partial charge is 0.126 e. The van der Waals surface area contributed by atoms with E-state index in [1.54, 1.807) is 0 Å². The number of aliphatic hydroxyl groups is 1. The highest BCUT2D eigenvalue weighted by Gasteiger charge is 2.39. The summed E-state index contributed by atoms with van der Waals surface area (Å²) in [5, 5.41) is 8.70. The molecule has 0 bridgehead atoms. The molecule has 0 radical (unpaired) electrons. The predicted octanol–water partition coefficient (Wildman–Crippen LogP) is 2.45. The predicted molar refractivity (Wildman–Crippen MR) is 48.9 cm³/mol. The molecule has 0 amide bonds. The van der Waals surface area contributed by atoms with Crippen LogP contribution in [0.25, 0.3) is 0 Å². The summed E-state index contributed by atoms with van der Waals surface area (Å²) < 4.78 is 26.1. The molecular formula is C11H12F2O. The maximum Gasteiger partial charge on any atom is 0.126 e. The molecule has 1 fully saturated rings. The van der Waals surface area contributed by atoms with Gasteiger partial charge in [0, 0.05) is 6.61 Å². The van der Waals surface area contributed by atoms with Gasteiger partial charge in [0.05, 0.1) is 0 Å². The molecule has 76 valence electrons. The van der Waals surface area contributed by atoms with Crippen LogP contribution < -0.4 is 0 Å². The minimum Gasteiger partial charge on any atom is -0.396 e. The molecule has 0 spiro atoms. The third-order valence-electron chi connectivity index (χ3n) is 2.78. The molecule has 0 saturated heterocycles. The molecule has 1 aliphatic carbocycles. The quantitative estimate of drug-likeness (QED) is 0.790. The third-order valence-corrected chi connectivity index (χ3v) is 2.78. The normalized spacial score (nSPS) is 25.1. The van der Waals surface area contributed by atoms with Crippen molar-refractivity contribution < 1.29 is 13.9 Å². The fraction of sp³-hybridized carbons (Fsp3) is 0.455. The lowest BCUT2D eigenvalue weighted by Gasteiger charge is -2.01. The van der Waals surface area contributed by atoms with E-state index in [1.165, 1.54) is 12.1 Å². The van der Waals surface area contributed by atoms with Crippen molar-refractivity contribution in [3.63, 3.8) is 0 Å². The Kier molecular flexibility index (Phi) is 2.50. The van der Waals surface area contributed by atoms with Crippen LogP contribution in [0.1, 0.15) is 24.3 Å². The first-order chi connectivity index (χ1) is 6.72. The zero-order valence-electron chi connectivity index (χ0n) is 7.71. The van der Waals surface area contributed by atoms with Gasteiger partial charge in [-0.1, -0.05) is 0 Å². The van der Waals surface area contributed by atoms with E-state index < -0.39 is 5.82 Å². The molecule has 0 heterocycles. The lowest BCUT2D eigenvalue weighted by molar-refractivity contribution is 0.279. The summed E-state index contributed by atoms with van der Waals surface area (Å²) in [5.41, 5.74) is 0.462. The summed E-state index contributed by atoms with van der Waals surface area (Å²) in [6.07, 6.45) is 1.54. The second-order valence-electron chi connectivity index (χ2n) is 3.78. The van der Waals surface area contributed by atoms with Crippen LogP contribution in [0.3, 0.4) is 0 Å². The topological polar surface area (TPSA) is 20.2 Å². The number of aliphatic hydroxyl groups excluding tert-OH is 1. The maximum absolute atomic E-state index is 13.2. The summed E-state index contributed by atoms with van der Waals surface area (Å²) in [6.45, 7) is 0.123. The maximum atomic E-state index is 13.2. The summed E-state index contributed by atoms with van der Waals surface area (Å²) >= 11 is 0. The van der Waals surface area contributed by atoms with E-state index in [1.807, 2.05) is 0 Å². The van der Waals surface area contributed by atoms with E-state index in [4.69, 9.17) is 5.11 Å². The number of rotatable bonds is 3. The zero-order valence-corrected chi connectivity index (χ0v) is 7.71. The van der Waals surface area contributed by atoms with Crippen molar-refractivity contribution in [3.05, 3.63) is 35.4 Å². The Morgan fingerprint density at radius 2 is 2.14 bits per heavy atom. The standard InChI is InChI=1S/C11H12F2O/c12-8-1-2-11(13)10(6-8)9-5-7(9)3-4-14/h1-2,6-7,9,14H,3-5H2/t7-,9?/m0/s1. The van der Waals surface area contributed by atoms with Gasteiger partial charge in [-0.3, -0.25) is 0 Å². The van der Waals surface area contributed by atoms with Crippen molar-refractivity contribution in [1.29, 1.82) is 0 Å². The Morgan fingerprint density at radius 1 is 1.36 bits per heavy atom. The average molecular weight is 198 g/mol. The summed E-state index contributed by atoms with van der Waals surface area (Å²) in [6, 6.07) is 3.55. The van der Waals surface area contributed by atoms with Gasteiger partial charge in [-0.2, -0.15) is 0 Å². The van der Waals surface area contributed by atoms with E-state index >= 15 is 0 Å². The highest BCUT2D eigenvalue weighted by molar-refractivity contribution is 5.28. The van der Waals surface area contributed by atoms with Crippen LogP contribution >= 0.6 is 0 Å². The van der Waals surface area contributed by atoms with Crippen LogP contribution in [-0.2, 0) is 0 Å². The van der Waals surface area contributed by atoms with Gasteiger partial charge in [0.25, 0.3) is 0 Å². The molecule has 0 aliphatic heterocycles. The van der Waals surface area contributed by atoms with Crippen LogP contribution in [0.2, 0.25) is 0 Å². The minimum absolute atomic E-state index is 0.109. The SMILES string of the molecule is OCC[C@H]1CC1c1cc(F)ccc1F. The van der Waals surface area contributed by atoms with Crippen molar-refractivity contribution in [2.75, 3.05) is 6.61 Å². The van der Waals surface area contributed by atoms with Crippen molar-refractivity contribution in [3.8, 4) is 0 Å². The highest BCUT2D eigenvalue weighted by atomic mass is 19.1. The average Bonchev–Trinajstić information content (AvgIpc) is 2.89. The number of hydrogen-bond donors (Lipinski definition) is 1. The highest BCUT2D eigenvalue weighted by Crippen LogP contribution is 2.50. The van der Waals surface area contributed by atoms with Gasteiger partial charge in [-0.05, 0) is 48.4 Å². The molecule has 1 aliphatic rings. The molecule has 1 saturated carbocycles. The largest absolute Gasteiger partial charge is 0.396 e. The molecule has 1 aromatic rings. The Morgan fingerprint density at radius 3 is 2.86 bits per heavy atom. The Bertz CT molecular complexity index is 338. The van der Waals surface area contributed by atoms with Crippen molar-refractivity contribution in [2.24, 2.45) is 5.92 Å². The van der Waals surface area contributed by atoms with Gasteiger partial charge >= 0.3 is 0 Å². The fourth-order valence-electron chi connectivity index (χ4n) is 1.91. The molecule has 1 aromatic carbocycles. The summed E-state index contributed by atoms with van der Waals surface area (Å²) in [5.74, 6) is -0.290. The molecule has 1 N–H and O–H groups in total. The lowest BCUT2D eigenvalue weighted by Crippen LogP contribution is -1.92. The molecule has 1 unspecified atom stereocenters. The van der Waals surface area contributed by atoms with Crippen LogP contribution in [0.5, 0.6) is 0 Å². The van der Waals surface area contributed by atoms with Crippen molar-refractivity contribution in [2.45, 2.75) is 18.8 Å². The molecule has 2 rings (SSSR count). The van der Waals surface area contributed by atoms with E-state index in [2.05, 4.69) is 0 Å². The first kappa shape index (κ1) is 9.59. The van der Waals surface area contributed by atoms with Crippen molar-refractivity contribution >= 4 is 0 Å². The van der Waals surface area contributed by atoms with Gasteiger partial charge in [-0.25, -0.2) is 8.78 Å². The molecule has 2 atom stereocenters. The summed E-state index contributed by atoms with van der Waals surface area (Å²) in [4.78, 5) is 0. The molecule has 3 heteroatoms. The zero-order chi connectivity index (χ0) is 10.1. The molecule has 14 heavy (non-hydrogen) atoms. The molecular weight excluding hydrogens is 186 g/mol. The monoisotopic (exact) mass is 198 g/mol. The van der Waals surface area contributed by atoms with Gasteiger partial charge in [0.1, 0.15) is 11.6 Å². The molecule has 1 nitrogen and oxygen atoms in total. The molecule has 0 aromatic heterocycles. The number of hydrogen-bond acceptors (Lipinski definition) is 1. The first-order valence-electron chi connectivity index (χ1n) is 4.78. The number of benzene rings is 1. The van der Waals surface area contributed by atoms with E-state index in [-0.39, 0.29) is 18.3 Å². The van der Waals surface area contributed by atoms with E-state index in [9.17, 15) is 8.78 Å². The second-order valence-corrected chi connectivity index (χ2v) is 3.78. The Balaban J connectivity index is 2.14. The Labute approximate surface area is 81.4 Å². The van der Waals surface area contributed by atoms with Gasteiger partial charge in [-0.15, -0.1) is 0 Å². The van der Waals surface area contributed by atoms with Crippen LogP contribution in [0.15, 0.2) is 18.2 Å². The van der Waals surface area contributed by atoms with Gasteiger partial charge < -0.3 is 5.11 Å². The minimum atomic E-state index is -0.393. The van der Waals surface area contributed by atoms with E-state index in [0.717, 1.165) is 12.5 Å². The van der Waals surface area contributed by atoms with Gasteiger partial charge in [0.15, 0.2) is 0 Å². The van der Waals surface area contributed by atoms with Crippen LogP contribution in [0, 0.1) is 17.6 Å². The van der Waals surface area contributed by atoms with Crippen LogP contribution in [0.4, 0.5) is 8.78 Å². The third kappa shape index (κ3) is 1.77. The van der Waals surface area contributed by atoms with E-state index in [0.29, 0.717) is 17.9 Å². The Hall–Kier alpha value is -0.960. The van der Waals surface area contributed by atoms with Crippen LogP contribution in [-0.4, -0.2) is 11.7 Å². The van der Waals surface area contributed by atoms with Gasteiger partial charge in [0.2, 0.25) is 0 Å². The van der Waals surface area contributed by atoms with Crippen molar-refractivity contribution in [1.82, 2.24) is 0 Å². The first-order valence-corrected chi connectivity index (χ1v) is 4.78. The fourth-order valence-corrected chi connectivity index (χ4v) is 1.91.